The molecule has 1 aliphatic rings. The number of benzene rings is 1. The van der Waals surface area contributed by atoms with Crippen LogP contribution in [-0.2, 0) is 4.79 Å². The molecule has 0 atom stereocenters. The number of amides is 1. The Bertz CT molecular complexity index is 525. The second-order valence-electron chi connectivity index (χ2n) is 5.97. The van der Waals surface area contributed by atoms with Crippen molar-refractivity contribution in [3.63, 3.8) is 0 Å². The first-order chi connectivity index (χ1) is 11.7. The van der Waals surface area contributed by atoms with E-state index < -0.39 is 0 Å². The number of para-hydroxylation sites is 1. The summed E-state index contributed by atoms with van der Waals surface area (Å²) in [5.41, 5.74) is 1.19. The fourth-order valence-corrected chi connectivity index (χ4v) is 2.71. The molecule has 1 aromatic rings. The molecule has 1 fully saturated rings. The third-order valence-corrected chi connectivity index (χ3v) is 4.11. The SMILES string of the molecule is CCNC(=NCC(=O)N1CCCC1)NCCN(C)c1ccccc1. The number of carbonyl (C=O) groups is 1. The number of hydrogen-bond acceptors (Lipinski definition) is 3. The Morgan fingerprint density at radius 2 is 1.92 bits per heavy atom. The molecule has 0 spiro atoms. The van der Waals surface area contributed by atoms with Crippen molar-refractivity contribution in [1.82, 2.24) is 15.5 Å². The Kier molecular flexibility index (Phi) is 7.39. The fourth-order valence-electron chi connectivity index (χ4n) is 2.71. The average Bonchev–Trinajstić information content (AvgIpc) is 3.14. The Hall–Kier alpha value is -2.24. The first-order valence-corrected chi connectivity index (χ1v) is 8.77. The van der Waals surface area contributed by atoms with E-state index in [-0.39, 0.29) is 12.5 Å². The van der Waals surface area contributed by atoms with Gasteiger partial charge in [-0.25, -0.2) is 4.99 Å². The lowest BCUT2D eigenvalue weighted by atomic mass is 10.3. The molecule has 0 saturated carbocycles. The van der Waals surface area contributed by atoms with Gasteiger partial charge < -0.3 is 20.4 Å². The average molecular weight is 331 g/mol. The van der Waals surface area contributed by atoms with Gasteiger partial charge in [-0.3, -0.25) is 4.79 Å². The van der Waals surface area contributed by atoms with E-state index in [1.807, 2.05) is 30.0 Å². The van der Waals surface area contributed by atoms with Crippen LogP contribution >= 0.6 is 0 Å². The lowest BCUT2D eigenvalue weighted by Crippen LogP contribution is -2.42. The number of hydrogen-bond donors (Lipinski definition) is 2. The third kappa shape index (κ3) is 5.76. The van der Waals surface area contributed by atoms with Crippen molar-refractivity contribution >= 4 is 17.6 Å². The number of aliphatic imine (C=N–C) groups is 1. The van der Waals surface area contributed by atoms with E-state index in [2.05, 4.69) is 39.7 Å². The van der Waals surface area contributed by atoms with Crippen molar-refractivity contribution in [1.29, 1.82) is 0 Å². The van der Waals surface area contributed by atoms with E-state index in [1.54, 1.807) is 0 Å². The van der Waals surface area contributed by atoms with Gasteiger partial charge in [0.05, 0.1) is 0 Å². The lowest BCUT2D eigenvalue weighted by Gasteiger charge is -2.20. The van der Waals surface area contributed by atoms with Crippen LogP contribution in [-0.4, -0.2) is 63.1 Å². The number of anilines is 1. The minimum atomic E-state index is 0.117. The molecular formula is C18H29N5O. The van der Waals surface area contributed by atoms with Gasteiger partial charge in [-0.15, -0.1) is 0 Å². The molecule has 2 rings (SSSR count). The van der Waals surface area contributed by atoms with Crippen LogP contribution in [0.5, 0.6) is 0 Å². The van der Waals surface area contributed by atoms with Crippen LogP contribution in [0.15, 0.2) is 35.3 Å². The molecule has 1 aliphatic heterocycles. The molecule has 1 aromatic carbocycles. The largest absolute Gasteiger partial charge is 0.373 e. The second-order valence-corrected chi connectivity index (χ2v) is 5.97. The first-order valence-electron chi connectivity index (χ1n) is 8.77. The van der Waals surface area contributed by atoms with Gasteiger partial charge in [0.15, 0.2) is 5.96 Å². The van der Waals surface area contributed by atoms with Crippen LogP contribution in [0.1, 0.15) is 19.8 Å². The molecule has 132 valence electrons. The van der Waals surface area contributed by atoms with Gasteiger partial charge in [0.2, 0.25) is 5.91 Å². The molecule has 0 unspecified atom stereocenters. The molecule has 0 bridgehead atoms. The van der Waals surface area contributed by atoms with Crippen molar-refractivity contribution in [2.45, 2.75) is 19.8 Å². The summed E-state index contributed by atoms with van der Waals surface area (Å²) in [6.07, 6.45) is 2.22. The van der Waals surface area contributed by atoms with E-state index in [0.29, 0.717) is 5.96 Å². The summed E-state index contributed by atoms with van der Waals surface area (Å²) >= 11 is 0. The van der Waals surface area contributed by atoms with Gasteiger partial charge in [0.1, 0.15) is 6.54 Å². The Balaban J connectivity index is 1.77. The number of nitrogens with zero attached hydrogens (tertiary/aromatic N) is 3. The maximum absolute atomic E-state index is 12.1. The monoisotopic (exact) mass is 331 g/mol. The molecule has 0 aliphatic carbocycles. The first kappa shape index (κ1) is 18.1. The highest BCUT2D eigenvalue weighted by Gasteiger charge is 2.17. The molecule has 2 N–H and O–H groups in total. The fraction of sp³-hybridized carbons (Fsp3) is 0.556. The quantitative estimate of drug-likeness (QED) is 0.584. The van der Waals surface area contributed by atoms with Gasteiger partial charge in [-0.05, 0) is 31.9 Å². The summed E-state index contributed by atoms with van der Waals surface area (Å²) < 4.78 is 0. The summed E-state index contributed by atoms with van der Waals surface area (Å²) in [6.45, 7) is 6.38. The van der Waals surface area contributed by atoms with E-state index in [9.17, 15) is 4.79 Å². The molecule has 0 aromatic heterocycles. The highest BCUT2D eigenvalue weighted by atomic mass is 16.2. The van der Waals surface area contributed by atoms with Gasteiger partial charge in [0.25, 0.3) is 0 Å². The Morgan fingerprint density at radius 1 is 1.21 bits per heavy atom. The zero-order chi connectivity index (χ0) is 17.2. The van der Waals surface area contributed by atoms with Crippen molar-refractivity contribution < 1.29 is 4.79 Å². The molecular weight excluding hydrogens is 302 g/mol. The predicted molar refractivity (Wildman–Crippen MR) is 99.5 cm³/mol. The number of likely N-dealkylation sites (N-methyl/N-ethyl adjacent to an activating group) is 1. The number of carbonyl (C=O) groups excluding carboxylic acids is 1. The zero-order valence-corrected chi connectivity index (χ0v) is 14.8. The van der Waals surface area contributed by atoms with E-state index in [0.717, 1.165) is 45.6 Å². The highest BCUT2D eigenvalue weighted by molar-refractivity contribution is 5.85. The number of guanidine groups is 1. The van der Waals surface area contributed by atoms with Crippen LogP contribution in [0.3, 0.4) is 0 Å². The molecule has 1 saturated heterocycles. The number of rotatable bonds is 7. The molecule has 0 radical (unpaired) electrons. The summed E-state index contributed by atoms with van der Waals surface area (Å²) in [4.78, 5) is 20.6. The molecule has 24 heavy (non-hydrogen) atoms. The van der Waals surface area contributed by atoms with Crippen LogP contribution in [0.2, 0.25) is 0 Å². The minimum Gasteiger partial charge on any atom is -0.373 e. The Labute approximate surface area is 144 Å². The number of nitrogens with one attached hydrogen (secondary N) is 2. The van der Waals surface area contributed by atoms with Crippen molar-refractivity contribution in [3.05, 3.63) is 30.3 Å². The second kappa shape index (κ2) is 9.80. The van der Waals surface area contributed by atoms with Gasteiger partial charge in [-0.2, -0.15) is 0 Å². The standard InChI is InChI=1S/C18H29N5O/c1-3-19-18(21-15-17(24)23-12-7-8-13-23)20-11-14-22(2)16-9-5-4-6-10-16/h4-6,9-10H,3,7-8,11-15H2,1-2H3,(H2,19,20,21). The van der Waals surface area contributed by atoms with Crippen LogP contribution < -0.4 is 15.5 Å². The van der Waals surface area contributed by atoms with Crippen LogP contribution in [0, 0.1) is 0 Å². The van der Waals surface area contributed by atoms with Gasteiger partial charge >= 0.3 is 0 Å². The van der Waals surface area contributed by atoms with Crippen LogP contribution in [0.25, 0.3) is 0 Å². The smallest absolute Gasteiger partial charge is 0.244 e. The molecule has 6 heteroatoms. The minimum absolute atomic E-state index is 0.117. The van der Waals surface area contributed by atoms with E-state index >= 15 is 0 Å². The third-order valence-electron chi connectivity index (χ3n) is 4.11. The maximum Gasteiger partial charge on any atom is 0.244 e. The molecule has 6 nitrogen and oxygen atoms in total. The summed E-state index contributed by atoms with van der Waals surface area (Å²) in [6, 6.07) is 10.3. The molecule has 1 amide bonds. The van der Waals surface area contributed by atoms with Gasteiger partial charge in [-0.1, -0.05) is 18.2 Å². The summed E-state index contributed by atoms with van der Waals surface area (Å²) in [5.74, 6) is 0.817. The van der Waals surface area contributed by atoms with E-state index in [4.69, 9.17) is 0 Å². The Morgan fingerprint density at radius 3 is 2.58 bits per heavy atom. The number of likely N-dealkylation sites (tertiary alicyclic amines) is 1. The lowest BCUT2D eigenvalue weighted by molar-refractivity contribution is -0.128. The zero-order valence-electron chi connectivity index (χ0n) is 14.8. The molecule has 1 heterocycles. The van der Waals surface area contributed by atoms with Crippen molar-refractivity contribution in [2.75, 3.05) is 51.2 Å². The van der Waals surface area contributed by atoms with Crippen molar-refractivity contribution in [3.8, 4) is 0 Å². The topological polar surface area (TPSA) is 60.0 Å². The normalized spacial score (nSPS) is 14.6. The maximum atomic E-state index is 12.1. The highest BCUT2D eigenvalue weighted by Crippen LogP contribution is 2.09. The predicted octanol–water partition coefficient (Wildman–Crippen LogP) is 1.30. The van der Waals surface area contributed by atoms with Gasteiger partial charge in [0, 0.05) is 45.5 Å². The van der Waals surface area contributed by atoms with E-state index in [1.165, 1.54) is 5.69 Å². The van der Waals surface area contributed by atoms with Crippen molar-refractivity contribution in [2.24, 2.45) is 4.99 Å². The summed E-state index contributed by atoms with van der Waals surface area (Å²) in [5, 5.41) is 6.49. The summed E-state index contributed by atoms with van der Waals surface area (Å²) in [7, 11) is 2.07. The van der Waals surface area contributed by atoms with Crippen LogP contribution in [0.4, 0.5) is 5.69 Å².